The van der Waals surface area contributed by atoms with Gasteiger partial charge in [-0.3, -0.25) is 9.59 Å². The lowest BCUT2D eigenvalue weighted by Crippen LogP contribution is -2.51. The van der Waals surface area contributed by atoms with Gasteiger partial charge < -0.3 is 20.1 Å². The third-order valence-electron chi connectivity index (χ3n) is 13.5. The Kier molecular flexibility index (Phi) is 26.8. The van der Waals surface area contributed by atoms with Crippen molar-refractivity contribution in [3.63, 3.8) is 0 Å². The number of hydrogen-bond acceptors (Lipinski definition) is 7. The highest BCUT2D eigenvalue weighted by Gasteiger charge is 2.61. The maximum Gasteiger partial charge on any atom is 0.329 e. The predicted molar refractivity (Wildman–Crippen MR) is 291 cm³/mol. The number of hydrogen-bond donors (Lipinski definition) is 3. The summed E-state index contributed by atoms with van der Waals surface area (Å²) in [6, 6.07) is 11.4. The number of carbonyl (C=O) groups excluding carboxylic acids is 1. The number of ether oxygens (including phenoxy) is 1. The third kappa shape index (κ3) is 20.7. The second-order valence-electron chi connectivity index (χ2n) is 23.8. The van der Waals surface area contributed by atoms with Crippen LogP contribution >= 0.6 is 23.5 Å². The molecule has 0 amide bonds. The Bertz CT molecular complexity index is 1550. The molecule has 384 valence electrons. The minimum atomic E-state index is -2.79. The van der Waals surface area contributed by atoms with Gasteiger partial charge in [-0.25, -0.2) is 0 Å². The minimum absolute atomic E-state index is 0.0251. The molecule has 0 aliphatic heterocycles. The van der Waals surface area contributed by atoms with Crippen LogP contribution in [0.15, 0.2) is 36.4 Å². The van der Waals surface area contributed by atoms with E-state index in [0.29, 0.717) is 0 Å². The summed E-state index contributed by atoms with van der Waals surface area (Å²) in [5, 5.41) is 37.1. The first-order valence-electron chi connectivity index (χ1n) is 26.6. The smallest absolute Gasteiger partial charge is 0.329 e. The average molecular weight is 970 g/mol. The Balaban J connectivity index is 2.56. The van der Waals surface area contributed by atoms with Gasteiger partial charge in [0.1, 0.15) is 18.8 Å². The van der Waals surface area contributed by atoms with Crippen molar-refractivity contribution in [2.45, 2.75) is 264 Å². The fraction of sp³-hybridized carbons (Fsp3) is 0.763. The van der Waals surface area contributed by atoms with Gasteiger partial charge in [-0.15, -0.1) is 23.5 Å². The van der Waals surface area contributed by atoms with Crippen molar-refractivity contribution < 1.29 is 29.6 Å². The number of thioether (sulfide) groups is 2. The molecule has 2 unspecified atom stereocenters. The third-order valence-corrected chi connectivity index (χ3v) is 16.4. The summed E-state index contributed by atoms with van der Waals surface area (Å²) in [6.07, 6.45) is 21.3. The molecule has 0 bridgehead atoms. The van der Waals surface area contributed by atoms with Gasteiger partial charge in [0.15, 0.2) is 0 Å². The summed E-state index contributed by atoms with van der Waals surface area (Å²) >= 11 is 3.57. The highest BCUT2D eigenvalue weighted by molar-refractivity contribution is 8.17. The molecule has 2 rings (SSSR count). The maximum absolute atomic E-state index is 15.1. The zero-order valence-electron chi connectivity index (χ0n) is 45.3. The Hall–Kier alpha value is -2.00. The topological polar surface area (TPSA) is 104 Å². The van der Waals surface area contributed by atoms with Crippen LogP contribution in [0.25, 0.3) is 0 Å². The lowest BCUT2D eigenvalue weighted by molar-refractivity contribution is -0.191. The van der Waals surface area contributed by atoms with Crippen LogP contribution in [0.1, 0.15) is 271 Å². The van der Waals surface area contributed by atoms with E-state index in [9.17, 15) is 20.1 Å². The van der Waals surface area contributed by atoms with Gasteiger partial charge in [-0.05, 0) is 79.4 Å². The van der Waals surface area contributed by atoms with Crippen molar-refractivity contribution in [1.29, 1.82) is 0 Å². The van der Waals surface area contributed by atoms with E-state index in [-0.39, 0.29) is 44.0 Å². The van der Waals surface area contributed by atoms with Crippen LogP contribution in [0.2, 0.25) is 0 Å². The first-order valence-corrected chi connectivity index (χ1v) is 28.7. The van der Waals surface area contributed by atoms with Crippen LogP contribution in [-0.4, -0.2) is 50.0 Å². The van der Waals surface area contributed by atoms with Gasteiger partial charge in [0.05, 0.1) is 4.58 Å². The van der Waals surface area contributed by atoms with Crippen molar-refractivity contribution in [2.75, 3.05) is 18.1 Å². The van der Waals surface area contributed by atoms with E-state index in [1.807, 2.05) is 0 Å². The molecule has 0 aliphatic carbocycles. The van der Waals surface area contributed by atoms with E-state index in [4.69, 9.17) is 4.74 Å². The second kappa shape index (κ2) is 29.4. The number of benzene rings is 2. The quantitative estimate of drug-likeness (QED) is 0.0288. The zero-order valence-corrected chi connectivity index (χ0v) is 47.0. The van der Waals surface area contributed by atoms with Gasteiger partial charge >= 0.3 is 11.9 Å². The summed E-state index contributed by atoms with van der Waals surface area (Å²) in [4.78, 5) is 29.3. The molecule has 0 spiro atoms. The number of rotatable bonds is 32. The molecule has 0 heterocycles. The Morgan fingerprint density at radius 3 is 0.985 bits per heavy atom. The summed E-state index contributed by atoms with van der Waals surface area (Å²) in [5.41, 5.74) is -0.0883. The summed E-state index contributed by atoms with van der Waals surface area (Å²) in [6.45, 7) is 29.4. The van der Waals surface area contributed by atoms with Crippen molar-refractivity contribution in [3.05, 3.63) is 69.8 Å². The van der Waals surface area contributed by atoms with E-state index < -0.39 is 29.6 Å². The van der Waals surface area contributed by atoms with E-state index in [0.717, 1.165) is 59.4 Å². The van der Waals surface area contributed by atoms with E-state index in [1.54, 1.807) is 47.8 Å². The van der Waals surface area contributed by atoms with Crippen molar-refractivity contribution in [1.82, 2.24) is 0 Å². The summed E-state index contributed by atoms with van der Waals surface area (Å²) in [5.74, 6) is -0.907. The normalized spacial score (nSPS) is 14.6. The number of carbonyl (C=O) groups is 2. The van der Waals surface area contributed by atoms with E-state index in [2.05, 4.69) is 109 Å². The minimum Gasteiger partial charge on any atom is -0.480 e. The lowest BCUT2D eigenvalue weighted by atomic mass is 9.69. The molecular formula is C59H100O6S2. The van der Waals surface area contributed by atoms with Crippen LogP contribution in [0.5, 0.6) is 0 Å². The van der Waals surface area contributed by atoms with Gasteiger partial charge in [-0.2, -0.15) is 0 Å². The number of aliphatic hydroxyl groups is 2. The van der Waals surface area contributed by atoms with Crippen LogP contribution in [0.3, 0.4) is 0 Å². The first kappa shape index (κ1) is 61.1. The van der Waals surface area contributed by atoms with Crippen LogP contribution in [-0.2, 0) is 36.0 Å². The molecule has 0 aromatic heterocycles. The highest BCUT2D eigenvalue weighted by Crippen LogP contribution is 2.49. The first-order chi connectivity index (χ1) is 31.3. The number of aliphatic carboxylic acids is 1. The Morgan fingerprint density at radius 2 is 0.731 bits per heavy atom. The van der Waals surface area contributed by atoms with E-state index >= 15 is 4.79 Å². The molecule has 2 atom stereocenters. The SMILES string of the molecule is CCCCCCCCCCCCSC(COC(=O)C(C(=O)O)(C(O)c1cc(C(C)(C)C)cc(C(C)(C)C)c1)C(O)c1cc(C(C)(C)C)cc(C(C)(C)C)c1)SCCCCCCCCCCCC. The fourth-order valence-electron chi connectivity index (χ4n) is 8.59. The fourth-order valence-corrected chi connectivity index (χ4v) is 11.1. The van der Waals surface area contributed by atoms with Gasteiger partial charge in [0.25, 0.3) is 0 Å². The summed E-state index contributed by atoms with van der Waals surface area (Å²) < 4.78 is 6.11. The molecule has 6 nitrogen and oxygen atoms in total. The number of esters is 1. The molecule has 0 saturated heterocycles. The molecule has 0 fully saturated rings. The molecule has 67 heavy (non-hydrogen) atoms. The lowest BCUT2D eigenvalue weighted by Gasteiger charge is -2.38. The van der Waals surface area contributed by atoms with Crippen LogP contribution in [0.4, 0.5) is 0 Å². The average Bonchev–Trinajstić information content (AvgIpc) is 3.24. The number of unbranched alkanes of at least 4 members (excludes halogenated alkanes) is 18. The molecule has 3 N–H and O–H groups in total. The monoisotopic (exact) mass is 969 g/mol. The summed E-state index contributed by atoms with van der Waals surface area (Å²) in [7, 11) is 0. The molecule has 0 radical (unpaired) electrons. The Labute approximate surface area is 420 Å². The van der Waals surface area contributed by atoms with Crippen molar-refractivity contribution in [3.8, 4) is 0 Å². The second-order valence-corrected chi connectivity index (χ2v) is 26.7. The van der Waals surface area contributed by atoms with Crippen molar-refractivity contribution in [2.24, 2.45) is 5.41 Å². The number of carboxylic acid groups (broad SMARTS) is 1. The van der Waals surface area contributed by atoms with Gasteiger partial charge in [0.2, 0.25) is 5.41 Å². The molecule has 0 aliphatic rings. The zero-order chi connectivity index (χ0) is 50.5. The Morgan fingerprint density at radius 1 is 0.463 bits per heavy atom. The molecule has 2 aromatic rings. The van der Waals surface area contributed by atoms with Crippen molar-refractivity contribution >= 4 is 35.5 Å². The molecule has 8 heteroatoms. The molecule has 2 aromatic carbocycles. The van der Waals surface area contributed by atoms with Gasteiger partial charge in [-0.1, -0.05) is 249 Å². The van der Waals surface area contributed by atoms with Crippen LogP contribution < -0.4 is 0 Å². The maximum atomic E-state index is 15.1. The standard InChI is InChI=1S/C59H100O6S2/c1-15-17-19-21-23-25-27-29-31-33-35-66-50(67-36-34-32-30-28-26-24-22-20-18-16-2)43-65-54(64)59(53(62)63,51(60)44-37-46(55(3,4)5)41-47(38-44)56(6,7)8)52(61)45-39-48(57(9,10)11)42-49(40-45)58(12,13)14/h37-42,50-52,60-61H,15-36,43H2,1-14H3,(H,62,63). The van der Waals surface area contributed by atoms with E-state index in [1.165, 1.54) is 103 Å². The van der Waals surface area contributed by atoms with Gasteiger partial charge in [0, 0.05) is 0 Å². The number of aliphatic hydroxyl groups excluding tert-OH is 2. The number of carboxylic acids is 1. The van der Waals surface area contributed by atoms with Crippen LogP contribution in [0, 0.1) is 5.41 Å². The highest BCUT2D eigenvalue weighted by atomic mass is 32.2. The predicted octanol–water partition coefficient (Wildman–Crippen LogP) is 16.9. The largest absolute Gasteiger partial charge is 0.480 e. The molecular weight excluding hydrogens is 869 g/mol. The molecule has 0 saturated carbocycles.